The highest BCUT2D eigenvalue weighted by molar-refractivity contribution is 9.10. The van der Waals surface area contributed by atoms with Crippen molar-refractivity contribution in [3.8, 4) is 0 Å². The molecule has 0 saturated carbocycles. The second kappa shape index (κ2) is 7.74. The molecule has 1 heterocycles. The number of carbonyl (C=O) groups excluding carboxylic acids is 1. The fraction of sp³-hybridized carbons (Fsp3) is 0.278. The lowest BCUT2D eigenvalue weighted by Gasteiger charge is -2.36. The van der Waals surface area contributed by atoms with Crippen LogP contribution in [-0.4, -0.2) is 49.0 Å². The zero-order valence-electron chi connectivity index (χ0n) is 14.3. The molecule has 0 spiro atoms. The minimum Gasteiger partial charge on any atom is -0.383 e. The predicted molar refractivity (Wildman–Crippen MR) is 105 cm³/mol. The number of hydrogen-bond donors (Lipinski definition) is 1. The Hall–Kier alpha value is -2.61. The van der Waals surface area contributed by atoms with Crippen LogP contribution in [0.5, 0.6) is 0 Å². The molecule has 1 aliphatic heterocycles. The minimum absolute atomic E-state index is 0.0109. The summed E-state index contributed by atoms with van der Waals surface area (Å²) in [7, 11) is 1.67. The van der Waals surface area contributed by atoms with Gasteiger partial charge in [0.05, 0.1) is 10.5 Å². The number of hydrogen-bond acceptors (Lipinski definition) is 5. The lowest BCUT2D eigenvalue weighted by molar-refractivity contribution is -0.383. The van der Waals surface area contributed by atoms with E-state index in [2.05, 4.69) is 26.1 Å². The third-order valence-corrected chi connectivity index (χ3v) is 5.17. The Bertz CT molecular complexity index is 835. The van der Waals surface area contributed by atoms with Crippen molar-refractivity contribution in [3.05, 3.63) is 62.6 Å². The molecular formula is C18H19BrN4O3. The summed E-state index contributed by atoms with van der Waals surface area (Å²) < 4.78 is 0.793. The van der Waals surface area contributed by atoms with E-state index in [-0.39, 0.29) is 11.6 Å². The van der Waals surface area contributed by atoms with Crippen molar-refractivity contribution in [1.29, 1.82) is 0 Å². The summed E-state index contributed by atoms with van der Waals surface area (Å²) in [5, 5.41) is 13.9. The Morgan fingerprint density at radius 2 is 1.85 bits per heavy atom. The quantitative estimate of drug-likeness (QED) is 0.608. The van der Waals surface area contributed by atoms with Crippen molar-refractivity contribution < 1.29 is 9.72 Å². The topological polar surface area (TPSA) is 78.7 Å². The van der Waals surface area contributed by atoms with Gasteiger partial charge in [0.15, 0.2) is 0 Å². The molecule has 0 bridgehead atoms. The normalized spacial score (nSPS) is 14.2. The van der Waals surface area contributed by atoms with Crippen LogP contribution in [0.3, 0.4) is 0 Å². The number of anilines is 2. The van der Waals surface area contributed by atoms with Gasteiger partial charge in [0.1, 0.15) is 5.69 Å². The SMILES string of the molecule is CNc1cc(N2CCN(C(=O)c3ccccc3Br)CC2)ccc1[N+](=O)[O-]. The summed E-state index contributed by atoms with van der Waals surface area (Å²) in [5.74, 6) is 0.0109. The lowest BCUT2D eigenvalue weighted by atomic mass is 10.1. The summed E-state index contributed by atoms with van der Waals surface area (Å²) >= 11 is 3.43. The molecule has 0 atom stereocenters. The van der Waals surface area contributed by atoms with Gasteiger partial charge < -0.3 is 15.1 Å². The predicted octanol–water partition coefficient (Wildman–Crippen LogP) is 3.36. The highest BCUT2D eigenvalue weighted by Gasteiger charge is 2.24. The Morgan fingerprint density at radius 1 is 1.15 bits per heavy atom. The molecule has 1 saturated heterocycles. The van der Waals surface area contributed by atoms with E-state index in [1.807, 2.05) is 29.2 Å². The lowest BCUT2D eigenvalue weighted by Crippen LogP contribution is -2.48. The largest absolute Gasteiger partial charge is 0.383 e. The van der Waals surface area contributed by atoms with Crippen LogP contribution in [0.2, 0.25) is 0 Å². The second-order valence-electron chi connectivity index (χ2n) is 5.97. The number of benzene rings is 2. The molecule has 1 N–H and O–H groups in total. The van der Waals surface area contributed by atoms with Crippen molar-refractivity contribution in [2.45, 2.75) is 0 Å². The van der Waals surface area contributed by atoms with Crippen LogP contribution in [0.1, 0.15) is 10.4 Å². The molecule has 26 heavy (non-hydrogen) atoms. The van der Waals surface area contributed by atoms with E-state index in [1.165, 1.54) is 6.07 Å². The Balaban J connectivity index is 1.70. The van der Waals surface area contributed by atoms with Crippen LogP contribution in [0, 0.1) is 10.1 Å². The molecule has 136 valence electrons. The smallest absolute Gasteiger partial charge is 0.292 e. The van der Waals surface area contributed by atoms with Gasteiger partial charge in [0.25, 0.3) is 11.6 Å². The molecule has 7 nitrogen and oxygen atoms in total. The Morgan fingerprint density at radius 3 is 2.46 bits per heavy atom. The number of nitrogens with zero attached hydrogens (tertiary/aromatic N) is 3. The maximum Gasteiger partial charge on any atom is 0.292 e. The molecule has 0 radical (unpaired) electrons. The van der Waals surface area contributed by atoms with Crippen LogP contribution < -0.4 is 10.2 Å². The number of nitro benzene ring substituents is 1. The third kappa shape index (κ3) is 3.65. The third-order valence-electron chi connectivity index (χ3n) is 4.48. The van der Waals surface area contributed by atoms with Crippen molar-refractivity contribution in [1.82, 2.24) is 4.90 Å². The van der Waals surface area contributed by atoms with E-state index in [4.69, 9.17) is 0 Å². The minimum atomic E-state index is -0.399. The van der Waals surface area contributed by atoms with Gasteiger partial charge in [0.2, 0.25) is 0 Å². The fourth-order valence-electron chi connectivity index (χ4n) is 3.05. The van der Waals surface area contributed by atoms with Gasteiger partial charge in [-0.3, -0.25) is 14.9 Å². The first-order chi connectivity index (χ1) is 12.5. The van der Waals surface area contributed by atoms with Crippen LogP contribution in [0.25, 0.3) is 0 Å². The van der Waals surface area contributed by atoms with Crippen LogP contribution in [-0.2, 0) is 0 Å². The molecule has 2 aromatic rings. The molecule has 1 fully saturated rings. The molecule has 3 rings (SSSR count). The zero-order valence-corrected chi connectivity index (χ0v) is 15.9. The molecule has 8 heteroatoms. The first-order valence-corrected chi connectivity index (χ1v) is 9.05. The number of amides is 1. The van der Waals surface area contributed by atoms with Crippen LogP contribution in [0.4, 0.5) is 17.1 Å². The first-order valence-electron chi connectivity index (χ1n) is 8.26. The summed E-state index contributed by atoms with van der Waals surface area (Å²) in [5.41, 5.74) is 2.11. The van der Waals surface area contributed by atoms with E-state index in [0.29, 0.717) is 37.4 Å². The number of nitro groups is 1. The fourth-order valence-corrected chi connectivity index (χ4v) is 3.51. The average molecular weight is 419 g/mol. The van der Waals surface area contributed by atoms with Crippen molar-refractivity contribution in [2.75, 3.05) is 43.4 Å². The molecule has 2 aromatic carbocycles. The maximum atomic E-state index is 12.7. The Labute approximate surface area is 159 Å². The summed E-state index contributed by atoms with van der Waals surface area (Å²) in [6.45, 7) is 2.56. The van der Waals surface area contributed by atoms with Gasteiger partial charge in [-0.15, -0.1) is 0 Å². The highest BCUT2D eigenvalue weighted by atomic mass is 79.9. The van der Waals surface area contributed by atoms with E-state index >= 15 is 0 Å². The molecule has 1 amide bonds. The maximum absolute atomic E-state index is 12.7. The van der Waals surface area contributed by atoms with E-state index in [1.54, 1.807) is 19.2 Å². The van der Waals surface area contributed by atoms with Crippen LogP contribution in [0.15, 0.2) is 46.9 Å². The number of carbonyl (C=O) groups is 1. The van der Waals surface area contributed by atoms with Crippen molar-refractivity contribution in [3.63, 3.8) is 0 Å². The number of nitrogens with one attached hydrogen (secondary N) is 1. The van der Waals surface area contributed by atoms with Gasteiger partial charge in [-0.2, -0.15) is 0 Å². The zero-order chi connectivity index (χ0) is 18.7. The summed E-state index contributed by atoms with van der Waals surface area (Å²) in [6.07, 6.45) is 0. The van der Waals surface area contributed by atoms with E-state index in [9.17, 15) is 14.9 Å². The van der Waals surface area contributed by atoms with Gasteiger partial charge in [-0.05, 0) is 40.2 Å². The molecule has 0 aliphatic carbocycles. The van der Waals surface area contributed by atoms with E-state index in [0.717, 1.165) is 10.2 Å². The number of rotatable bonds is 4. The van der Waals surface area contributed by atoms with Crippen molar-refractivity contribution >= 4 is 38.9 Å². The summed E-state index contributed by atoms with van der Waals surface area (Å²) in [4.78, 5) is 27.3. The molecule has 1 aliphatic rings. The molecule has 0 unspecified atom stereocenters. The van der Waals surface area contributed by atoms with Crippen molar-refractivity contribution in [2.24, 2.45) is 0 Å². The second-order valence-corrected chi connectivity index (χ2v) is 6.82. The van der Waals surface area contributed by atoms with Gasteiger partial charge >= 0.3 is 0 Å². The average Bonchev–Trinajstić information content (AvgIpc) is 2.67. The first kappa shape index (κ1) is 18.2. The number of halogens is 1. The van der Waals surface area contributed by atoms with Gasteiger partial charge in [-0.1, -0.05) is 12.1 Å². The molecular weight excluding hydrogens is 400 g/mol. The van der Waals surface area contributed by atoms with E-state index < -0.39 is 4.92 Å². The molecule has 0 aromatic heterocycles. The van der Waals surface area contributed by atoms with Gasteiger partial charge in [-0.25, -0.2) is 0 Å². The van der Waals surface area contributed by atoms with Crippen LogP contribution >= 0.6 is 15.9 Å². The van der Waals surface area contributed by atoms with Gasteiger partial charge in [0, 0.05) is 49.5 Å². The monoisotopic (exact) mass is 418 g/mol. The number of piperazine rings is 1. The summed E-state index contributed by atoms with van der Waals surface area (Å²) in [6, 6.07) is 12.5. The Kier molecular flexibility index (Phi) is 5.41. The standard InChI is InChI=1S/C18H19BrN4O3/c1-20-16-12-13(6-7-17(16)23(25)26)21-8-10-22(11-9-21)18(24)14-4-2-3-5-15(14)19/h2-7,12,20H,8-11H2,1H3. The highest BCUT2D eigenvalue weighted by Crippen LogP contribution is 2.30.